The van der Waals surface area contributed by atoms with E-state index in [1.54, 1.807) is 6.33 Å². The van der Waals surface area contributed by atoms with Gasteiger partial charge in [-0.1, -0.05) is 30.3 Å². The van der Waals surface area contributed by atoms with Gasteiger partial charge in [-0.3, -0.25) is 39.1 Å². The zero-order chi connectivity index (χ0) is 44.6. The molecule has 5 amide bonds. The van der Waals surface area contributed by atoms with Crippen LogP contribution in [0.1, 0.15) is 83.7 Å². The lowest BCUT2D eigenvalue weighted by Gasteiger charge is -2.37. The van der Waals surface area contributed by atoms with Crippen LogP contribution in [0.15, 0.2) is 79.4 Å². The summed E-state index contributed by atoms with van der Waals surface area (Å²) in [5, 5.41) is 8.80. The van der Waals surface area contributed by atoms with Gasteiger partial charge in [-0.25, -0.2) is 19.3 Å². The minimum Gasteiger partial charge on any atom is -0.369 e. The van der Waals surface area contributed by atoms with Crippen LogP contribution in [-0.2, 0) is 20.8 Å². The summed E-state index contributed by atoms with van der Waals surface area (Å²) in [5.74, 6) is -1.80. The molecule has 3 saturated heterocycles. The van der Waals surface area contributed by atoms with Crippen molar-refractivity contribution in [3.8, 4) is 0 Å². The molecular formula is C48H52FN11O5. The molecule has 3 N–H and O–H groups in total. The first-order valence-electron chi connectivity index (χ1n) is 22.8. The molecule has 17 heteroatoms. The fraction of sp³-hybridized carbons (Fsp3) is 0.417. The fourth-order valence-corrected chi connectivity index (χ4v) is 10.1. The van der Waals surface area contributed by atoms with E-state index in [4.69, 9.17) is 0 Å². The Morgan fingerprint density at radius 1 is 0.815 bits per heavy atom. The minimum atomic E-state index is -1.09. The number of amides is 5. The minimum absolute atomic E-state index is 0.0274. The number of aromatic nitrogens is 4. The lowest BCUT2D eigenvalue weighted by atomic mass is 9.86. The Balaban J connectivity index is 0.650. The van der Waals surface area contributed by atoms with Crippen LogP contribution in [0.25, 0.3) is 11.2 Å². The maximum Gasteiger partial charge on any atom is 0.262 e. The van der Waals surface area contributed by atoms with E-state index in [0.717, 1.165) is 99.1 Å². The molecule has 3 aromatic carbocycles. The lowest BCUT2D eigenvalue weighted by Crippen LogP contribution is -2.54. The normalized spacial score (nSPS) is 21.7. The molecule has 5 aromatic rings. The van der Waals surface area contributed by atoms with Crippen LogP contribution in [0.4, 0.5) is 27.3 Å². The smallest absolute Gasteiger partial charge is 0.262 e. The van der Waals surface area contributed by atoms with Gasteiger partial charge in [-0.2, -0.15) is 0 Å². The number of imidazole rings is 1. The van der Waals surface area contributed by atoms with Crippen LogP contribution < -0.4 is 25.8 Å². The quantitative estimate of drug-likeness (QED) is 0.135. The molecule has 16 nitrogen and oxygen atoms in total. The highest BCUT2D eigenvalue weighted by molar-refractivity contribution is 6.23. The molecule has 1 aliphatic carbocycles. The standard InChI is InChI=1S/C48H52FN11O5/c49-38-26-36-37(48(65)60(47(36)64)39-12-13-41(61)55-46(39)63)27-40(38)58-17-14-30(15-18-58)7-4-16-56-19-21-57(22-20-56)34-10-8-32(9-11-34)54-44-43-45(51-28-50-44)59(29-52-43)35-24-33(25-35)53-42(62)23-31-5-2-1-3-6-31/h1-3,5-6,8-11,26-30,33,35,39H,4,7,12-25H2,(H,53,62)(H,50,51,54)(H,55,61,63)/t33?,35?,39-/m0/s1. The number of carbonyl (C=O) groups is 5. The van der Waals surface area contributed by atoms with Gasteiger partial charge in [0.25, 0.3) is 11.8 Å². The molecule has 0 spiro atoms. The molecule has 2 aromatic heterocycles. The first-order valence-corrected chi connectivity index (χ1v) is 22.8. The van der Waals surface area contributed by atoms with E-state index in [1.165, 1.54) is 11.8 Å². The van der Waals surface area contributed by atoms with Crippen LogP contribution in [-0.4, -0.2) is 117 Å². The van der Waals surface area contributed by atoms with E-state index in [-0.39, 0.29) is 42.0 Å². The Morgan fingerprint density at radius 3 is 2.29 bits per heavy atom. The van der Waals surface area contributed by atoms with Crippen molar-refractivity contribution in [2.75, 3.05) is 60.9 Å². The van der Waals surface area contributed by atoms with Crippen molar-refractivity contribution in [1.29, 1.82) is 0 Å². The Morgan fingerprint density at radius 2 is 1.55 bits per heavy atom. The maximum absolute atomic E-state index is 15.4. The van der Waals surface area contributed by atoms with Crippen LogP contribution in [0.3, 0.4) is 0 Å². The van der Waals surface area contributed by atoms with Gasteiger partial charge in [-0.05, 0) is 99.4 Å². The number of rotatable bonds is 13. The summed E-state index contributed by atoms with van der Waals surface area (Å²) in [6, 6.07) is 20.0. The molecule has 4 aliphatic heterocycles. The number of fused-ring (bicyclic) bond motifs is 2. The summed E-state index contributed by atoms with van der Waals surface area (Å²) in [6.45, 7) is 6.20. The molecule has 6 heterocycles. The molecule has 0 radical (unpaired) electrons. The average Bonchev–Trinajstić information content (AvgIpc) is 3.83. The van der Waals surface area contributed by atoms with Crippen molar-refractivity contribution >= 4 is 63.6 Å². The summed E-state index contributed by atoms with van der Waals surface area (Å²) < 4.78 is 17.5. The second-order valence-electron chi connectivity index (χ2n) is 18.0. The number of nitrogens with one attached hydrogen (secondary N) is 3. The first kappa shape index (κ1) is 42.2. The summed E-state index contributed by atoms with van der Waals surface area (Å²) in [6.07, 6.45) is 9.51. The van der Waals surface area contributed by atoms with Crippen LogP contribution in [0.2, 0.25) is 0 Å². The summed E-state index contributed by atoms with van der Waals surface area (Å²) in [4.78, 5) is 84.6. The van der Waals surface area contributed by atoms with Crippen molar-refractivity contribution in [2.45, 2.75) is 75.9 Å². The predicted molar refractivity (Wildman–Crippen MR) is 241 cm³/mol. The summed E-state index contributed by atoms with van der Waals surface area (Å²) in [7, 11) is 0. The summed E-state index contributed by atoms with van der Waals surface area (Å²) in [5.41, 5.74) is 4.94. The van der Waals surface area contributed by atoms with Gasteiger partial charge in [0.05, 0.1) is 29.6 Å². The molecule has 0 unspecified atom stereocenters. The van der Waals surface area contributed by atoms with E-state index >= 15 is 4.39 Å². The third-order valence-corrected chi connectivity index (χ3v) is 13.9. The molecule has 1 atom stereocenters. The van der Waals surface area contributed by atoms with Gasteiger partial charge >= 0.3 is 0 Å². The number of carbonyl (C=O) groups excluding carboxylic acids is 5. The van der Waals surface area contributed by atoms with Gasteiger partial charge in [0, 0.05) is 69.1 Å². The molecule has 336 valence electrons. The Kier molecular flexibility index (Phi) is 11.7. The Labute approximate surface area is 375 Å². The van der Waals surface area contributed by atoms with Gasteiger partial charge in [0.15, 0.2) is 17.0 Å². The van der Waals surface area contributed by atoms with Crippen molar-refractivity contribution in [2.24, 2.45) is 5.92 Å². The Hall–Kier alpha value is -6.75. The average molecular weight is 882 g/mol. The topological polar surface area (TPSA) is 178 Å². The molecule has 4 fully saturated rings. The monoisotopic (exact) mass is 881 g/mol. The highest BCUT2D eigenvalue weighted by atomic mass is 19.1. The second-order valence-corrected chi connectivity index (χ2v) is 18.0. The number of benzene rings is 3. The van der Waals surface area contributed by atoms with Crippen LogP contribution in [0.5, 0.6) is 0 Å². The molecule has 1 saturated carbocycles. The molecular weight excluding hydrogens is 830 g/mol. The third kappa shape index (κ3) is 8.76. The van der Waals surface area contributed by atoms with Crippen LogP contribution in [0, 0.1) is 11.7 Å². The number of imide groups is 2. The van der Waals surface area contributed by atoms with E-state index in [9.17, 15) is 24.0 Å². The van der Waals surface area contributed by atoms with Gasteiger partial charge in [0.1, 0.15) is 18.2 Å². The maximum atomic E-state index is 15.4. The zero-order valence-electron chi connectivity index (χ0n) is 36.1. The highest BCUT2D eigenvalue weighted by Gasteiger charge is 2.45. The number of hydrogen-bond acceptors (Lipinski definition) is 12. The predicted octanol–water partition coefficient (Wildman–Crippen LogP) is 4.99. The largest absolute Gasteiger partial charge is 0.369 e. The molecule has 5 aliphatic rings. The van der Waals surface area contributed by atoms with E-state index < -0.39 is 35.5 Å². The molecule has 65 heavy (non-hydrogen) atoms. The molecule has 0 bridgehead atoms. The first-order chi connectivity index (χ1) is 31.6. The molecule has 10 rings (SSSR count). The lowest BCUT2D eigenvalue weighted by molar-refractivity contribution is -0.136. The zero-order valence-corrected chi connectivity index (χ0v) is 36.1. The fourth-order valence-electron chi connectivity index (χ4n) is 10.1. The number of hydrogen-bond donors (Lipinski definition) is 3. The van der Waals surface area contributed by atoms with Gasteiger partial charge in [-0.15, -0.1) is 0 Å². The number of piperidine rings is 2. The second kappa shape index (κ2) is 18.0. The van der Waals surface area contributed by atoms with Crippen molar-refractivity contribution in [1.82, 2.24) is 40.0 Å². The number of nitrogens with zero attached hydrogens (tertiary/aromatic N) is 8. The Bertz CT molecular complexity index is 2620. The number of anilines is 4. The highest BCUT2D eigenvalue weighted by Crippen LogP contribution is 2.37. The SMILES string of the molecule is O=C1CC[C@H](N2C(=O)c3cc(F)c(N4CCC(CCCN5CCN(c6ccc(Nc7ncnc8c7ncn8C7CC(NC(=O)Cc8ccccc8)C7)cc6)CC5)CC4)cc3C2=O)C(=O)N1. The third-order valence-electron chi connectivity index (χ3n) is 13.9. The van der Waals surface area contributed by atoms with E-state index in [1.807, 2.05) is 41.6 Å². The van der Waals surface area contributed by atoms with Crippen molar-refractivity contribution in [3.05, 3.63) is 102 Å². The van der Waals surface area contributed by atoms with Crippen LogP contribution >= 0.6 is 0 Å². The summed E-state index contributed by atoms with van der Waals surface area (Å²) >= 11 is 0. The van der Waals surface area contributed by atoms with E-state index in [2.05, 4.69) is 69.5 Å². The van der Waals surface area contributed by atoms with Crippen molar-refractivity contribution in [3.63, 3.8) is 0 Å². The van der Waals surface area contributed by atoms with Gasteiger partial charge in [0.2, 0.25) is 17.7 Å². The number of halogens is 1. The van der Waals surface area contributed by atoms with Crippen molar-refractivity contribution < 1.29 is 28.4 Å². The van der Waals surface area contributed by atoms with Gasteiger partial charge < -0.3 is 25.0 Å². The van der Waals surface area contributed by atoms with E-state index in [0.29, 0.717) is 42.5 Å². The number of piperazine rings is 1.